The highest BCUT2D eigenvalue weighted by molar-refractivity contribution is 9.10. The van der Waals surface area contributed by atoms with Crippen LogP contribution < -0.4 is 5.73 Å². The first-order chi connectivity index (χ1) is 4.20. The van der Waals surface area contributed by atoms with Gasteiger partial charge >= 0.3 is 0 Å². The molecule has 0 aromatic heterocycles. The Labute approximate surface area is 73.6 Å². The number of nitrogen functional groups attached to an aromatic ring is 1. The van der Waals surface area contributed by atoms with Crippen LogP contribution in [0.25, 0.3) is 0 Å². The monoisotopic (exact) mass is 223 g/mol. The van der Waals surface area contributed by atoms with E-state index in [-0.39, 0.29) is 18.2 Å². The van der Waals surface area contributed by atoms with Crippen molar-refractivity contribution in [1.29, 1.82) is 0 Å². The Hall–Kier alpha value is -0.410. The molecule has 0 radical (unpaired) electrons. The average Bonchev–Trinajstić information content (AvgIpc) is 1.80. The molecule has 0 fully saturated rings. The topological polar surface area (TPSA) is 46.2 Å². The van der Waals surface area contributed by atoms with E-state index >= 15 is 0 Å². The Balaban J connectivity index is 0.000000810. The number of hydrogen-bond acceptors (Lipinski definition) is 2. The molecule has 0 spiro atoms. The minimum atomic E-state index is 0. The molecule has 3 N–H and O–H groups in total. The second-order valence-corrected chi connectivity index (χ2v) is 2.56. The highest BCUT2D eigenvalue weighted by Crippen LogP contribution is 2.23. The molecule has 0 atom stereocenters. The van der Waals surface area contributed by atoms with Gasteiger partial charge in [-0.05, 0) is 34.1 Å². The molecular formula is C6H7BrClNO. The van der Waals surface area contributed by atoms with Gasteiger partial charge < -0.3 is 10.8 Å². The normalized spacial score (nSPS) is 8.50. The third-order valence-corrected chi connectivity index (χ3v) is 1.67. The molecule has 0 unspecified atom stereocenters. The molecule has 0 heterocycles. The first-order valence-corrected chi connectivity index (χ1v) is 3.23. The molecule has 0 aliphatic heterocycles. The highest BCUT2D eigenvalue weighted by atomic mass is 79.9. The molecule has 0 bridgehead atoms. The lowest BCUT2D eigenvalue weighted by Gasteiger charge is -1.95. The Bertz CT molecular complexity index is 229. The smallest absolute Gasteiger partial charge is 0.116 e. The summed E-state index contributed by atoms with van der Waals surface area (Å²) >= 11 is 3.16. The van der Waals surface area contributed by atoms with Gasteiger partial charge in [0.25, 0.3) is 0 Å². The summed E-state index contributed by atoms with van der Waals surface area (Å²) in [6.45, 7) is 0. The fourth-order valence-corrected chi connectivity index (χ4v) is 0.883. The fourth-order valence-electron chi connectivity index (χ4n) is 0.516. The van der Waals surface area contributed by atoms with Gasteiger partial charge in [0.1, 0.15) is 5.75 Å². The molecule has 0 aliphatic rings. The molecule has 0 saturated heterocycles. The molecule has 4 heteroatoms. The van der Waals surface area contributed by atoms with Gasteiger partial charge in [0, 0.05) is 10.2 Å². The van der Waals surface area contributed by atoms with Crippen molar-refractivity contribution < 1.29 is 5.11 Å². The Morgan fingerprint density at radius 3 is 2.40 bits per heavy atom. The lowest BCUT2D eigenvalue weighted by Crippen LogP contribution is -1.83. The number of phenolic OH excluding ortho intramolecular Hbond substituents is 1. The predicted octanol–water partition coefficient (Wildman–Crippen LogP) is 2.16. The zero-order valence-corrected chi connectivity index (χ0v) is 7.45. The minimum Gasteiger partial charge on any atom is -0.508 e. The Kier molecular flexibility index (Phi) is 3.53. The van der Waals surface area contributed by atoms with Gasteiger partial charge in [0.05, 0.1) is 0 Å². The van der Waals surface area contributed by atoms with Crippen molar-refractivity contribution in [1.82, 2.24) is 0 Å². The number of phenols is 1. The molecule has 1 rings (SSSR count). The van der Waals surface area contributed by atoms with Gasteiger partial charge in [0.2, 0.25) is 0 Å². The standard InChI is InChI=1S/C6H6BrNO.ClH/c7-5-3-4(9)1-2-6(5)8;/h1-3,9H,8H2;1H. The van der Waals surface area contributed by atoms with E-state index in [1.165, 1.54) is 0 Å². The van der Waals surface area contributed by atoms with Gasteiger partial charge in [-0.25, -0.2) is 0 Å². The number of anilines is 1. The van der Waals surface area contributed by atoms with Crippen molar-refractivity contribution in [3.05, 3.63) is 22.7 Å². The van der Waals surface area contributed by atoms with E-state index < -0.39 is 0 Å². The van der Waals surface area contributed by atoms with Crippen LogP contribution in [-0.2, 0) is 0 Å². The van der Waals surface area contributed by atoms with Crippen molar-refractivity contribution in [2.45, 2.75) is 0 Å². The average molecular weight is 224 g/mol. The zero-order valence-electron chi connectivity index (χ0n) is 5.04. The van der Waals surface area contributed by atoms with Crippen LogP contribution in [0.2, 0.25) is 0 Å². The summed E-state index contributed by atoms with van der Waals surface area (Å²) in [5, 5.41) is 8.85. The molecular weight excluding hydrogens is 217 g/mol. The van der Waals surface area contributed by atoms with Crippen LogP contribution >= 0.6 is 28.3 Å². The largest absolute Gasteiger partial charge is 0.508 e. The maximum absolute atomic E-state index is 8.85. The van der Waals surface area contributed by atoms with E-state index in [1.54, 1.807) is 18.2 Å². The molecule has 0 aliphatic carbocycles. The Morgan fingerprint density at radius 2 is 2.00 bits per heavy atom. The minimum absolute atomic E-state index is 0. The highest BCUT2D eigenvalue weighted by Gasteiger charge is 1.93. The second-order valence-electron chi connectivity index (χ2n) is 1.71. The van der Waals surface area contributed by atoms with Crippen molar-refractivity contribution in [2.24, 2.45) is 0 Å². The van der Waals surface area contributed by atoms with Crippen LogP contribution in [0.3, 0.4) is 0 Å². The summed E-state index contributed by atoms with van der Waals surface area (Å²) < 4.78 is 0.725. The van der Waals surface area contributed by atoms with Gasteiger partial charge in [-0.3, -0.25) is 0 Å². The molecule has 1 aromatic carbocycles. The zero-order chi connectivity index (χ0) is 6.85. The summed E-state index contributed by atoms with van der Waals surface area (Å²) in [6, 6.07) is 4.73. The van der Waals surface area contributed by atoms with Crippen LogP contribution in [0.5, 0.6) is 5.75 Å². The van der Waals surface area contributed by atoms with Crippen LogP contribution in [0.1, 0.15) is 0 Å². The van der Waals surface area contributed by atoms with E-state index in [0.717, 1.165) is 4.47 Å². The summed E-state index contributed by atoms with van der Waals surface area (Å²) in [5.41, 5.74) is 6.06. The quantitative estimate of drug-likeness (QED) is 0.524. The lowest BCUT2D eigenvalue weighted by atomic mass is 10.3. The van der Waals surface area contributed by atoms with Crippen LogP contribution in [0.4, 0.5) is 5.69 Å². The number of rotatable bonds is 0. The summed E-state index contributed by atoms with van der Waals surface area (Å²) in [5.74, 6) is 0.219. The summed E-state index contributed by atoms with van der Waals surface area (Å²) in [7, 11) is 0. The summed E-state index contributed by atoms with van der Waals surface area (Å²) in [4.78, 5) is 0. The maximum Gasteiger partial charge on any atom is 0.116 e. The van der Waals surface area contributed by atoms with Gasteiger partial charge in [-0.15, -0.1) is 12.4 Å². The number of halogens is 2. The third-order valence-electron chi connectivity index (χ3n) is 0.984. The number of aromatic hydroxyl groups is 1. The third kappa shape index (κ3) is 2.08. The van der Waals surface area contributed by atoms with Crippen molar-refractivity contribution in [3.8, 4) is 5.75 Å². The van der Waals surface area contributed by atoms with Gasteiger partial charge in [-0.1, -0.05) is 0 Å². The molecule has 56 valence electrons. The van der Waals surface area contributed by atoms with Gasteiger partial charge in [-0.2, -0.15) is 0 Å². The van der Waals surface area contributed by atoms with Crippen molar-refractivity contribution in [3.63, 3.8) is 0 Å². The van der Waals surface area contributed by atoms with Crippen molar-refractivity contribution >= 4 is 34.0 Å². The molecule has 0 saturated carbocycles. The lowest BCUT2D eigenvalue weighted by molar-refractivity contribution is 0.475. The number of hydrogen-bond donors (Lipinski definition) is 2. The molecule has 0 amide bonds. The van der Waals surface area contributed by atoms with E-state index in [1.807, 2.05) is 0 Å². The molecule has 2 nitrogen and oxygen atoms in total. The molecule has 1 aromatic rings. The fraction of sp³-hybridized carbons (Fsp3) is 0. The second kappa shape index (κ2) is 3.68. The predicted molar refractivity (Wildman–Crippen MR) is 47.5 cm³/mol. The number of nitrogens with two attached hydrogens (primary N) is 1. The van der Waals surface area contributed by atoms with Gasteiger partial charge in [0.15, 0.2) is 0 Å². The van der Waals surface area contributed by atoms with E-state index in [2.05, 4.69) is 15.9 Å². The molecule has 10 heavy (non-hydrogen) atoms. The van der Waals surface area contributed by atoms with Crippen LogP contribution in [0, 0.1) is 0 Å². The maximum atomic E-state index is 8.85. The van der Waals surface area contributed by atoms with E-state index in [9.17, 15) is 0 Å². The van der Waals surface area contributed by atoms with E-state index in [0.29, 0.717) is 5.69 Å². The summed E-state index contributed by atoms with van der Waals surface area (Å²) in [6.07, 6.45) is 0. The number of benzene rings is 1. The van der Waals surface area contributed by atoms with Crippen molar-refractivity contribution in [2.75, 3.05) is 5.73 Å². The van der Waals surface area contributed by atoms with Crippen LogP contribution in [-0.4, -0.2) is 5.11 Å². The Morgan fingerprint density at radius 1 is 1.40 bits per heavy atom. The van der Waals surface area contributed by atoms with Crippen LogP contribution in [0.15, 0.2) is 22.7 Å². The SMILES string of the molecule is Cl.Nc1ccc(O)cc1Br. The van der Waals surface area contributed by atoms with E-state index in [4.69, 9.17) is 10.8 Å². The first-order valence-electron chi connectivity index (χ1n) is 2.44. The first kappa shape index (κ1) is 9.59.